The Labute approximate surface area is 276 Å². The number of likely N-dealkylation sites (tertiary alicyclic amines) is 2. The highest BCUT2D eigenvalue weighted by molar-refractivity contribution is 6.15. The minimum absolute atomic E-state index is 0.0978. The molecule has 7 nitrogen and oxygen atoms in total. The fourth-order valence-electron chi connectivity index (χ4n) is 6.83. The molecular formula is C39H54N2O5. The number of ether oxygens (including phenoxy) is 4. The van der Waals surface area contributed by atoms with E-state index in [2.05, 4.69) is 9.80 Å². The first-order chi connectivity index (χ1) is 22.6. The van der Waals surface area contributed by atoms with E-state index >= 15 is 0 Å². The molecule has 3 fully saturated rings. The second-order valence-corrected chi connectivity index (χ2v) is 12.9. The van der Waals surface area contributed by atoms with Crippen molar-refractivity contribution in [2.75, 3.05) is 66.7 Å². The van der Waals surface area contributed by atoms with Gasteiger partial charge in [-0.05, 0) is 125 Å². The minimum atomic E-state index is 0.0978. The molecular weight excluding hydrogens is 576 g/mol. The van der Waals surface area contributed by atoms with Crippen molar-refractivity contribution < 1.29 is 23.7 Å². The highest BCUT2D eigenvalue weighted by atomic mass is 16.5. The van der Waals surface area contributed by atoms with E-state index in [1.54, 1.807) is 14.2 Å². The zero-order valence-corrected chi connectivity index (χ0v) is 28.2. The van der Waals surface area contributed by atoms with Crippen molar-refractivity contribution in [1.82, 2.24) is 9.80 Å². The Balaban J connectivity index is 1.13. The molecule has 2 aromatic carbocycles. The number of Topliss-reactive ketones (excluding diaryl/α,β-unsaturated/α-hetero) is 1. The molecule has 1 aliphatic carbocycles. The third kappa shape index (κ3) is 10.1. The first kappa shape index (κ1) is 34.1. The predicted molar refractivity (Wildman–Crippen MR) is 186 cm³/mol. The molecule has 0 spiro atoms. The largest absolute Gasteiger partial charge is 0.493 e. The number of ketones is 1. The number of nitrogens with zero attached hydrogens (tertiary/aromatic N) is 2. The Morgan fingerprint density at radius 2 is 1.00 bits per heavy atom. The van der Waals surface area contributed by atoms with Crippen molar-refractivity contribution in [3.05, 3.63) is 58.7 Å². The van der Waals surface area contributed by atoms with E-state index in [1.165, 1.54) is 77.5 Å². The standard InChI is InChI=1S/C39H54N2O5/c1-43-37-29-31(13-17-35(37)45-25-11-23-40-19-7-3-4-8-20-40)27-33-15-16-34(39(33)42)28-32-14-18-36(38(30-32)44-2)46-26-12-24-41-21-9-5-6-10-22-41/h13-14,17-18,27-30H,3-12,15-16,19-26H2,1-2H3/b33-27+,34-28+. The van der Waals surface area contributed by atoms with Gasteiger partial charge in [0.25, 0.3) is 0 Å². The van der Waals surface area contributed by atoms with Gasteiger partial charge in [-0.3, -0.25) is 4.79 Å². The molecule has 46 heavy (non-hydrogen) atoms. The molecule has 1 saturated carbocycles. The molecule has 2 aliphatic heterocycles. The van der Waals surface area contributed by atoms with Crippen LogP contribution in [-0.4, -0.2) is 82.3 Å². The van der Waals surface area contributed by atoms with Crippen LogP contribution in [0.25, 0.3) is 12.2 Å². The van der Waals surface area contributed by atoms with Crippen molar-refractivity contribution in [1.29, 1.82) is 0 Å². The quantitative estimate of drug-likeness (QED) is 0.156. The van der Waals surface area contributed by atoms with Gasteiger partial charge in [0.15, 0.2) is 28.8 Å². The SMILES string of the molecule is COc1cc(/C=C2\CC/C(=C\c3ccc(OCCCN4CCCCCC4)c(OC)c3)C2=O)ccc1OCCCN1CCCCCC1. The maximum atomic E-state index is 13.4. The van der Waals surface area contributed by atoms with Crippen LogP contribution in [0.5, 0.6) is 23.0 Å². The van der Waals surface area contributed by atoms with Gasteiger partial charge in [0.1, 0.15) is 0 Å². The van der Waals surface area contributed by atoms with Gasteiger partial charge in [-0.1, -0.05) is 37.8 Å². The molecule has 2 saturated heterocycles. The lowest BCUT2D eigenvalue weighted by Gasteiger charge is -2.19. The van der Waals surface area contributed by atoms with Gasteiger partial charge in [0, 0.05) is 24.2 Å². The molecule has 0 radical (unpaired) electrons. The molecule has 0 unspecified atom stereocenters. The molecule has 0 aromatic heterocycles. The number of carbonyl (C=O) groups is 1. The Kier molecular flexibility index (Phi) is 13.4. The minimum Gasteiger partial charge on any atom is -0.493 e. The number of methoxy groups -OCH3 is 2. The van der Waals surface area contributed by atoms with E-state index in [-0.39, 0.29) is 5.78 Å². The van der Waals surface area contributed by atoms with E-state index in [4.69, 9.17) is 18.9 Å². The lowest BCUT2D eigenvalue weighted by Crippen LogP contribution is -2.26. The monoisotopic (exact) mass is 630 g/mol. The average Bonchev–Trinajstić information content (AvgIpc) is 3.32. The maximum absolute atomic E-state index is 13.4. The number of hydrogen-bond acceptors (Lipinski definition) is 7. The summed E-state index contributed by atoms with van der Waals surface area (Å²) in [6, 6.07) is 11.8. The van der Waals surface area contributed by atoms with E-state index < -0.39 is 0 Å². The Morgan fingerprint density at radius 1 is 0.587 bits per heavy atom. The summed E-state index contributed by atoms with van der Waals surface area (Å²) in [5.41, 5.74) is 3.52. The van der Waals surface area contributed by atoms with Crippen molar-refractivity contribution in [3.8, 4) is 23.0 Å². The van der Waals surface area contributed by atoms with E-state index in [0.717, 1.165) is 72.5 Å². The predicted octanol–water partition coefficient (Wildman–Crippen LogP) is 7.82. The molecule has 0 amide bonds. The summed E-state index contributed by atoms with van der Waals surface area (Å²) in [4.78, 5) is 18.5. The molecule has 2 aromatic rings. The van der Waals surface area contributed by atoms with Crippen LogP contribution in [0.3, 0.4) is 0 Å². The third-order valence-corrected chi connectivity index (χ3v) is 9.45. The van der Waals surface area contributed by atoms with Crippen molar-refractivity contribution in [2.24, 2.45) is 0 Å². The fraction of sp³-hybridized carbons (Fsp3) is 0.564. The van der Waals surface area contributed by atoms with E-state index in [1.807, 2.05) is 48.6 Å². The second kappa shape index (κ2) is 18.2. The third-order valence-electron chi connectivity index (χ3n) is 9.45. The van der Waals surface area contributed by atoms with Crippen LogP contribution in [-0.2, 0) is 4.79 Å². The lowest BCUT2D eigenvalue weighted by atomic mass is 10.1. The smallest absolute Gasteiger partial charge is 0.185 e. The van der Waals surface area contributed by atoms with E-state index in [0.29, 0.717) is 24.7 Å². The Bertz CT molecular complexity index is 1220. The maximum Gasteiger partial charge on any atom is 0.185 e. The first-order valence-corrected chi connectivity index (χ1v) is 17.6. The molecule has 2 heterocycles. The molecule has 0 bridgehead atoms. The van der Waals surface area contributed by atoms with Gasteiger partial charge >= 0.3 is 0 Å². The lowest BCUT2D eigenvalue weighted by molar-refractivity contribution is -0.111. The molecule has 0 N–H and O–H groups in total. The summed E-state index contributed by atoms with van der Waals surface area (Å²) < 4.78 is 23.5. The topological polar surface area (TPSA) is 60.5 Å². The van der Waals surface area contributed by atoms with Crippen molar-refractivity contribution >= 4 is 17.9 Å². The Hall–Kier alpha value is -3.29. The van der Waals surface area contributed by atoms with Gasteiger partial charge in [0.2, 0.25) is 0 Å². The van der Waals surface area contributed by atoms with Crippen LogP contribution in [0.15, 0.2) is 47.5 Å². The molecule has 3 aliphatic rings. The summed E-state index contributed by atoms with van der Waals surface area (Å²) in [7, 11) is 3.33. The van der Waals surface area contributed by atoms with Crippen LogP contribution >= 0.6 is 0 Å². The normalized spacial score (nSPS) is 20.1. The molecule has 7 heteroatoms. The number of rotatable bonds is 14. The zero-order chi connectivity index (χ0) is 32.0. The zero-order valence-electron chi connectivity index (χ0n) is 28.2. The average molecular weight is 631 g/mol. The van der Waals surface area contributed by atoms with Gasteiger partial charge in [-0.2, -0.15) is 0 Å². The van der Waals surface area contributed by atoms with Gasteiger partial charge in [-0.25, -0.2) is 0 Å². The van der Waals surface area contributed by atoms with Crippen LogP contribution in [0.1, 0.15) is 88.2 Å². The summed E-state index contributed by atoms with van der Waals surface area (Å²) in [5.74, 6) is 2.99. The van der Waals surface area contributed by atoms with Crippen LogP contribution in [0.4, 0.5) is 0 Å². The highest BCUT2D eigenvalue weighted by Crippen LogP contribution is 2.34. The summed E-state index contributed by atoms with van der Waals surface area (Å²) in [5, 5.41) is 0. The second-order valence-electron chi connectivity index (χ2n) is 12.9. The summed E-state index contributed by atoms with van der Waals surface area (Å²) >= 11 is 0. The highest BCUT2D eigenvalue weighted by Gasteiger charge is 2.23. The number of benzene rings is 2. The molecule has 0 atom stereocenters. The number of carbonyl (C=O) groups excluding carboxylic acids is 1. The van der Waals surface area contributed by atoms with Crippen LogP contribution in [0.2, 0.25) is 0 Å². The van der Waals surface area contributed by atoms with Crippen molar-refractivity contribution in [3.63, 3.8) is 0 Å². The van der Waals surface area contributed by atoms with Gasteiger partial charge in [-0.15, -0.1) is 0 Å². The van der Waals surface area contributed by atoms with Crippen LogP contribution in [0, 0.1) is 0 Å². The number of allylic oxidation sites excluding steroid dienone is 2. The molecule has 5 rings (SSSR count). The number of hydrogen-bond donors (Lipinski definition) is 0. The molecule has 250 valence electrons. The van der Waals surface area contributed by atoms with Gasteiger partial charge in [0.05, 0.1) is 27.4 Å². The Morgan fingerprint density at radius 3 is 1.39 bits per heavy atom. The first-order valence-electron chi connectivity index (χ1n) is 17.6. The summed E-state index contributed by atoms with van der Waals surface area (Å²) in [6.45, 7) is 8.30. The fourth-order valence-corrected chi connectivity index (χ4v) is 6.83. The van der Waals surface area contributed by atoms with Crippen molar-refractivity contribution in [2.45, 2.75) is 77.0 Å². The van der Waals surface area contributed by atoms with Crippen LogP contribution < -0.4 is 18.9 Å². The van der Waals surface area contributed by atoms with Gasteiger partial charge < -0.3 is 28.7 Å². The van der Waals surface area contributed by atoms with E-state index in [9.17, 15) is 4.79 Å². The summed E-state index contributed by atoms with van der Waals surface area (Å²) in [6.07, 6.45) is 18.1.